The second kappa shape index (κ2) is 10.5. The Morgan fingerprint density at radius 1 is 1.33 bits per heavy atom. The van der Waals surface area contributed by atoms with Gasteiger partial charge in [-0.25, -0.2) is 4.79 Å². The van der Waals surface area contributed by atoms with Crippen LogP contribution in [0.3, 0.4) is 0 Å². The first-order valence-electron chi connectivity index (χ1n) is 10.2. The molecule has 1 aliphatic heterocycles. The number of ether oxygens (including phenoxy) is 1. The molecule has 1 aliphatic carbocycles. The Labute approximate surface area is 193 Å². The first-order chi connectivity index (χ1) is 14.1. The number of carbonyl (C=O) groups is 1. The number of allylic oxidation sites excluding steroid dienone is 2. The summed E-state index contributed by atoms with van der Waals surface area (Å²) in [5.74, 6) is 0.893. The van der Waals surface area contributed by atoms with Crippen molar-refractivity contribution in [1.82, 2.24) is 4.90 Å². The van der Waals surface area contributed by atoms with E-state index in [0.29, 0.717) is 11.8 Å². The number of halogens is 2. The highest BCUT2D eigenvalue weighted by atomic mass is 79.9. The van der Waals surface area contributed by atoms with Crippen molar-refractivity contribution in [1.29, 1.82) is 0 Å². The van der Waals surface area contributed by atoms with Gasteiger partial charge in [0, 0.05) is 22.6 Å². The molecule has 1 heterocycles. The minimum absolute atomic E-state index is 0.206. The van der Waals surface area contributed by atoms with Crippen molar-refractivity contribution in [2.75, 3.05) is 13.1 Å². The van der Waals surface area contributed by atoms with Gasteiger partial charge in [-0.3, -0.25) is 0 Å². The molecule has 1 atom stereocenters. The van der Waals surface area contributed by atoms with E-state index >= 15 is 0 Å². The number of rotatable bonds is 1. The fourth-order valence-corrected chi connectivity index (χ4v) is 4.54. The molecule has 1 fully saturated rings. The zero-order chi connectivity index (χ0) is 22.5. The van der Waals surface area contributed by atoms with Gasteiger partial charge in [0.2, 0.25) is 0 Å². The number of likely N-dealkylation sites (tertiary alicyclic amines) is 1. The number of hydrogen-bond donors (Lipinski definition) is 1. The molecule has 164 valence electrons. The zero-order valence-corrected chi connectivity index (χ0v) is 20.4. The van der Waals surface area contributed by atoms with Gasteiger partial charge in [-0.1, -0.05) is 46.8 Å². The summed E-state index contributed by atoms with van der Waals surface area (Å²) in [6.45, 7) is 14.6. The molecule has 0 bridgehead atoms. The lowest BCUT2D eigenvalue weighted by Crippen LogP contribution is -2.42. The summed E-state index contributed by atoms with van der Waals surface area (Å²) in [6, 6.07) is 6.15. The number of piperidine rings is 1. The van der Waals surface area contributed by atoms with Crippen LogP contribution < -0.4 is 5.73 Å². The number of amides is 1. The minimum Gasteiger partial charge on any atom is -0.444 e. The third kappa shape index (κ3) is 6.64. The Bertz CT molecular complexity index is 821. The van der Waals surface area contributed by atoms with Crippen LogP contribution in [0, 0.1) is 5.92 Å². The standard InChI is InChI=1S/C22H27BrClNO2.C2H5N/c1-14-11-19(18-6-5-17(24)12-16(18)13-20(14)23)15-7-9-25(10-8-15)21(26)27-22(2,3)4;1-2-3/h5-6,12-13,15,19H,1,7-11H2,2-4H3;2H,1,3H2. The summed E-state index contributed by atoms with van der Waals surface area (Å²) in [4.78, 5) is 14.2. The smallest absolute Gasteiger partial charge is 0.410 e. The summed E-state index contributed by atoms with van der Waals surface area (Å²) < 4.78 is 6.56. The van der Waals surface area contributed by atoms with Crippen molar-refractivity contribution in [3.63, 3.8) is 0 Å². The van der Waals surface area contributed by atoms with Crippen molar-refractivity contribution < 1.29 is 9.53 Å². The van der Waals surface area contributed by atoms with Crippen LogP contribution in [0.25, 0.3) is 6.08 Å². The number of fused-ring (bicyclic) bond motifs is 1. The maximum atomic E-state index is 12.3. The topological polar surface area (TPSA) is 55.6 Å². The number of hydrogen-bond acceptors (Lipinski definition) is 3. The first-order valence-corrected chi connectivity index (χ1v) is 11.4. The second-order valence-electron chi connectivity index (χ2n) is 8.72. The first kappa shape index (κ1) is 24.5. The molecule has 0 spiro atoms. The van der Waals surface area contributed by atoms with E-state index in [9.17, 15) is 4.79 Å². The SMILES string of the molecule is C=C1CC(C2CCN(C(=O)OC(C)(C)C)CC2)c2ccc(Cl)cc2C=C1Br.C=CN. The predicted molar refractivity (Wildman–Crippen MR) is 130 cm³/mol. The molecule has 4 nitrogen and oxygen atoms in total. The molecule has 1 aromatic carbocycles. The number of benzene rings is 1. The normalized spacial score (nSPS) is 19.6. The van der Waals surface area contributed by atoms with Gasteiger partial charge >= 0.3 is 6.09 Å². The van der Waals surface area contributed by atoms with Gasteiger partial charge in [0.05, 0.1) is 0 Å². The minimum atomic E-state index is -0.455. The summed E-state index contributed by atoms with van der Waals surface area (Å²) >= 11 is 9.88. The van der Waals surface area contributed by atoms with Crippen molar-refractivity contribution in [3.8, 4) is 0 Å². The Morgan fingerprint density at radius 2 is 1.93 bits per heavy atom. The van der Waals surface area contributed by atoms with Gasteiger partial charge in [-0.2, -0.15) is 0 Å². The van der Waals surface area contributed by atoms with Crippen LogP contribution in [-0.2, 0) is 4.74 Å². The maximum Gasteiger partial charge on any atom is 0.410 e. The van der Waals surface area contributed by atoms with Crippen LogP contribution in [-0.4, -0.2) is 29.7 Å². The van der Waals surface area contributed by atoms with Gasteiger partial charge < -0.3 is 15.4 Å². The van der Waals surface area contributed by atoms with E-state index < -0.39 is 5.60 Å². The quantitative estimate of drug-likeness (QED) is 0.463. The molecule has 6 heteroatoms. The van der Waals surface area contributed by atoms with Crippen molar-refractivity contribution in [3.05, 3.63) is 63.8 Å². The van der Waals surface area contributed by atoms with Gasteiger partial charge in [-0.15, -0.1) is 0 Å². The molecule has 0 radical (unpaired) electrons. The van der Waals surface area contributed by atoms with E-state index in [1.807, 2.05) is 37.8 Å². The van der Waals surface area contributed by atoms with Gasteiger partial charge in [-0.05, 0) is 93.0 Å². The highest BCUT2D eigenvalue weighted by Crippen LogP contribution is 2.44. The van der Waals surface area contributed by atoms with Crippen LogP contribution in [0.1, 0.15) is 57.1 Å². The molecule has 1 unspecified atom stereocenters. The molecule has 1 aromatic rings. The van der Waals surface area contributed by atoms with E-state index in [2.05, 4.69) is 47.0 Å². The summed E-state index contributed by atoms with van der Waals surface area (Å²) in [7, 11) is 0. The molecule has 1 saturated heterocycles. The monoisotopic (exact) mass is 494 g/mol. The average Bonchev–Trinajstić information content (AvgIpc) is 2.77. The van der Waals surface area contributed by atoms with Crippen LogP contribution in [0.2, 0.25) is 5.02 Å². The molecule has 2 N–H and O–H groups in total. The Balaban J connectivity index is 0.00000101. The summed E-state index contributed by atoms with van der Waals surface area (Å²) in [5.41, 5.74) is 7.75. The predicted octanol–water partition coefficient (Wildman–Crippen LogP) is 6.86. The number of nitrogens with two attached hydrogens (primary N) is 1. The lowest BCUT2D eigenvalue weighted by atomic mass is 9.76. The molecule has 1 amide bonds. The fourth-order valence-electron chi connectivity index (χ4n) is 3.95. The van der Waals surface area contributed by atoms with Crippen LogP contribution in [0.4, 0.5) is 4.79 Å². The molecule has 3 rings (SSSR count). The van der Waals surface area contributed by atoms with Gasteiger partial charge in [0.1, 0.15) is 5.60 Å². The molecular weight excluding hydrogens is 464 g/mol. The Kier molecular flexibility index (Phi) is 8.62. The molecule has 0 aromatic heterocycles. The van der Waals surface area contributed by atoms with Crippen LogP contribution in [0.5, 0.6) is 0 Å². The van der Waals surface area contributed by atoms with Gasteiger partial charge in [0.15, 0.2) is 0 Å². The lowest BCUT2D eigenvalue weighted by Gasteiger charge is -2.37. The third-order valence-electron chi connectivity index (χ3n) is 5.29. The summed E-state index contributed by atoms with van der Waals surface area (Å²) in [5, 5.41) is 0.747. The number of nitrogens with zero attached hydrogens (tertiary/aromatic N) is 1. The molecular formula is C24H32BrClN2O2. The molecule has 0 saturated carbocycles. The van der Waals surface area contributed by atoms with E-state index in [1.165, 1.54) is 11.8 Å². The summed E-state index contributed by atoms with van der Waals surface area (Å²) in [6.07, 6.45) is 6.03. The van der Waals surface area contributed by atoms with Crippen molar-refractivity contribution in [2.45, 2.75) is 51.6 Å². The van der Waals surface area contributed by atoms with Crippen molar-refractivity contribution >= 4 is 39.7 Å². The lowest BCUT2D eigenvalue weighted by molar-refractivity contribution is 0.0174. The van der Waals surface area contributed by atoms with Crippen LogP contribution >= 0.6 is 27.5 Å². The third-order valence-corrected chi connectivity index (χ3v) is 6.32. The average molecular weight is 496 g/mol. The van der Waals surface area contributed by atoms with E-state index in [1.54, 1.807) is 0 Å². The highest BCUT2D eigenvalue weighted by molar-refractivity contribution is 9.12. The van der Waals surface area contributed by atoms with E-state index in [0.717, 1.165) is 53.0 Å². The fraction of sp³-hybridized carbons (Fsp3) is 0.458. The largest absolute Gasteiger partial charge is 0.444 e. The number of carbonyl (C=O) groups excluding carboxylic acids is 1. The van der Waals surface area contributed by atoms with Crippen molar-refractivity contribution in [2.24, 2.45) is 11.7 Å². The Morgan fingerprint density at radius 3 is 2.50 bits per heavy atom. The second-order valence-corrected chi connectivity index (χ2v) is 10.0. The van der Waals surface area contributed by atoms with E-state index in [-0.39, 0.29) is 6.09 Å². The highest BCUT2D eigenvalue weighted by Gasteiger charge is 2.33. The van der Waals surface area contributed by atoms with E-state index in [4.69, 9.17) is 16.3 Å². The zero-order valence-electron chi connectivity index (χ0n) is 18.1. The maximum absolute atomic E-state index is 12.3. The molecule has 30 heavy (non-hydrogen) atoms. The molecule has 2 aliphatic rings. The Hall–Kier alpha value is -1.72. The van der Waals surface area contributed by atoms with Gasteiger partial charge in [0.25, 0.3) is 0 Å². The van der Waals surface area contributed by atoms with Crippen LogP contribution in [0.15, 0.2) is 47.6 Å².